The van der Waals surface area contributed by atoms with Crippen LogP contribution in [0.15, 0.2) is 6.07 Å². The van der Waals surface area contributed by atoms with Gasteiger partial charge >= 0.3 is 0 Å². The Kier molecular flexibility index (Phi) is 2.22. The number of hydrogen-bond donors (Lipinski definition) is 1. The molecule has 1 aromatic rings. The van der Waals surface area contributed by atoms with E-state index in [-0.39, 0.29) is 0 Å². The van der Waals surface area contributed by atoms with Crippen LogP contribution in [0, 0.1) is 6.92 Å². The molecule has 4 heteroatoms. The van der Waals surface area contributed by atoms with Crippen LogP contribution in [0.5, 0.6) is 0 Å². The van der Waals surface area contributed by atoms with E-state index in [9.17, 15) is 0 Å². The van der Waals surface area contributed by atoms with Gasteiger partial charge in [-0.25, -0.2) is 0 Å². The van der Waals surface area contributed by atoms with Crippen molar-refractivity contribution in [3.63, 3.8) is 0 Å². The predicted molar refractivity (Wildman–Crippen MR) is 53.0 cm³/mol. The van der Waals surface area contributed by atoms with Crippen molar-refractivity contribution in [1.29, 1.82) is 0 Å². The van der Waals surface area contributed by atoms with Gasteiger partial charge in [-0.1, -0.05) is 0 Å². The Morgan fingerprint density at radius 2 is 2.08 bits per heavy atom. The Morgan fingerprint density at radius 1 is 1.38 bits per heavy atom. The van der Waals surface area contributed by atoms with E-state index in [4.69, 9.17) is 0 Å². The minimum absolute atomic E-state index is 1.07. The molecule has 0 amide bonds. The van der Waals surface area contributed by atoms with E-state index in [0.717, 1.165) is 31.9 Å². The van der Waals surface area contributed by atoms with Crippen molar-refractivity contribution < 1.29 is 0 Å². The van der Waals surface area contributed by atoms with Gasteiger partial charge in [0.2, 0.25) is 0 Å². The molecule has 0 bridgehead atoms. The summed E-state index contributed by atoms with van der Waals surface area (Å²) in [5.41, 5.74) is 1.09. The Hall–Kier alpha value is -1.03. The lowest BCUT2D eigenvalue weighted by Gasteiger charge is -2.28. The van der Waals surface area contributed by atoms with Gasteiger partial charge in [0.1, 0.15) is 5.82 Å². The first kappa shape index (κ1) is 8.56. The number of anilines is 1. The molecule has 2 heterocycles. The first-order chi connectivity index (χ1) is 6.27. The first-order valence-electron chi connectivity index (χ1n) is 4.73. The third-order valence-corrected chi connectivity index (χ3v) is 2.42. The van der Waals surface area contributed by atoms with Crippen LogP contribution in [0.25, 0.3) is 0 Å². The molecule has 13 heavy (non-hydrogen) atoms. The number of nitrogens with one attached hydrogen (secondary N) is 1. The molecular weight excluding hydrogens is 164 g/mol. The summed E-state index contributed by atoms with van der Waals surface area (Å²) in [5.74, 6) is 1.24. The number of nitrogens with zero attached hydrogens (tertiary/aromatic N) is 3. The Morgan fingerprint density at radius 3 is 2.62 bits per heavy atom. The number of piperazine rings is 1. The summed E-state index contributed by atoms with van der Waals surface area (Å²) < 4.78 is 1.96. The first-order valence-corrected chi connectivity index (χ1v) is 4.73. The molecule has 0 unspecified atom stereocenters. The van der Waals surface area contributed by atoms with Gasteiger partial charge in [0.15, 0.2) is 0 Å². The SMILES string of the molecule is Cc1cc(N2CCNCC2)n(C)n1. The lowest BCUT2D eigenvalue weighted by Crippen LogP contribution is -2.44. The topological polar surface area (TPSA) is 33.1 Å². The van der Waals surface area contributed by atoms with Crippen molar-refractivity contribution in [3.8, 4) is 0 Å². The Balaban J connectivity index is 2.18. The molecule has 1 fully saturated rings. The maximum absolute atomic E-state index is 4.34. The van der Waals surface area contributed by atoms with E-state index in [2.05, 4.69) is 21.4 Å². The fraction of sp³-hybridized carbons (Fsp3) is 0.667. The molecule has 0 aliphatic carbocycles. The lowest BCUT2D eigenvalue weighted by molar-refractivity contribution is 0.572. The normalized spacial score (nSPS) is 17.8. The highest BCUT2D eigenvalue weighted by molar-refractivity contribution is 5.41. The molecule has 0 aromatic carbocycles. The van der Waals surface area contributed by atoms with Gasteiger partial charge in [-0.2, -0.15) is 5.10 Å². The molecule has 1 aliphatic rings. The van der Waals surface area contributed by atoms with Gasteiger partial charge < -0.3 is 10.2 Å². The minimum Gasteiger partial charge on any atom is -0.354 e. The highest BCUT2D eigenvalue weighted by atomic mass is 15.4. The summed E-state index contributed by atoms with van der Waals surface area (Å²) in [5, 5.41) is 7.68. The maximum atomic E-state index is 4.34. The van der Waals surface area contributed by atoms with Crippen LogP contribution in [0.1, 0.15) is 5.69 Å². The zero-order valence-electron chi connectivity index (χ0n) is 8.25. The standard InChI is InChI=1S/C9H16N4/c1-8-7-9(12(2)11-8)13-5-3-10-4-6-13/h7,10H,3-6H2,1-2H3. The summed E-state index contributed by atoms with van der Waals surface area (Å²) in [6.07, 6.45) is 0. The second kappa shape index (κ2) is 3.38. The van der Waals surface area contributed by atoms with Gasteiger partial charge in [0.05, 0.1) is 5.69 Å². The average molecular weight is 180 g/mol. The van der Waals surface area contributed by atoms with E-state index < -0.39 is 0 Å². The van der Waals surface area contributed by atoms with Crippen LogP contribution in [0.4, 0.5) is 5.82 Å². The summed E-state index contributed by atoms with van der Waals surface area (Å²) in [4.78, 5) is 2.37. The van der Waals surface area contributed by atoms with E-state index in [1.807, 2.05) is 18.7 Å². The lowest BCUT2D eigenvalue weighted by atomic mass is 10.3. The Bertz CT molecular complexity index is 286. The molecule has 4 nitrogen and oxygen atoms in total. The quantitative estimate of drug-likeness (QED) is 0.667. The van der Waals surface area contributed by atoms with Gasteiger partial charge in [0, 0.05) is 39.3 Å². The highest BCUT2D eigenvalue weighted by Gasteiger charge is 2.13. The van der Waals surface area contributed by atoms with Gasteiger partial charge in [-0.05, 0) is 6.92 Å². The number of rotatable bonds is 1. The molecule has 0 atom stereocenters. The zero-order valence-corrected chi connectivity index (χ0v) is 8.25. The fourth-order valence-electron chi connectivity index (χ4n) is 1.79. The number of aryl methyl sites for hydroxylation is 2. The Labute approximate surface area is 78.5 Å². The van der Waals surface area contributed by atoms with E-state index in [1.54, 1.807) is 0 Å². The van der Waals surface area contributed by atoms with E-state index >= 15 is 0 Å². The molecule has 0 radical (unpaired) electrons. The molecule has 2 rings (SSSR count). The largest absolute Gasteiger partial charge is 0.354 e. The van der Waals surface area contributed by atoms with E-state index in [1.165, 1.54) is 5.82 Å². The second-order valence-corrected chi connectivity index (χ2v) is 3.50. The van der Waals surface area contributed by atoms with Crippen LogP contribution in [0.2, 0.25) is 0 Å². The highest BCUT2D eigenvalue weighted by Crippen LogP contribution is 2.14. The van der Waals surface area contributed by atoms with Gasteiger partial charge in [-0.3, -0.25) is 4.68 Å². The second-order valence-electron chi connectivity index (χ2n) is 3.50. The molecule has 72 valence electrons. The summed E-state index contributed by atoms with van der Waals surface area (Å²) in [7, 11) is 2.00. The van der Waals surface area contributed by atoms with Crippen LogP contribution < -0.4 is 10.2 Å². The molecule has 1 saturated heterocycles. The van der Waals surface area contributed by atoms with Crippen LogP contribution in [-0.2, 0) is 7.05 Å². The summed E-state index contributed by atoms with van der Waals surface area (Å²) in [6, 6.07) is 2.14. The fourth-order valence-corrected chi connectivity index (χ4v) is 1.79. The van der Waals surface area contributed by atoms with Crippen molar-refractivity contribution >= 4 is 5.82 Å². The third-order valence-electron chi connectivity index (χ3n) is 2.42. The van der Waals surface area contributed by atoms with E-state index in [0.29, 0.717) is 0 Å². The smallest absolute Gasteiger partial charge is 0.126 e. The number of aromatic nitrogens is 2. The van der Waals surface area contributed by atoms with Crippen molar-refractivity contribution in [2.75, 3.05) is 31.1 Å². The van der Waals surface area contributed by atoms with Crippen molar-refractivity contribution in [3.05, 3.63) is 11.8 Å². The molecule has 0 saturated carbocycles. The van der Waals surface area contributed by atoms with Crippen molar-refractivity contribution in [1.82, 2.24) is 15.1 Å². The molecule has 0 spiro atoms. The van der Waals surface area contributed by atoms with Crippen molar-refractivity contribution in [2.24, 2.45) is 7.05 Å². The average Bonchev–Trinajstić information content (AvgIpc) is 2.47. The molecule has 1 aliphatic heterocycles. The molecular formula is C9H16N4. The van der Waals surface area contributed by atoms with Crippen LogP contribution in [0.3, 0.4) is 0 Å². The van der Waals surface area contributed by atoms with Crippen LogP contribution >= 0.6 is 0 Å². The summed E-state index contributed by atoms with van der Waals surface area (Å²) >= 11 is 0. The number of hydrogen-bond acceptors (Lipinski definition) is 3. The predicted octanol–water partition coefficient (Wildman–Crippen LogP) is 0.138. The zero-order chi connectivity index (χ0) is 9.26. The molecule has 1 N–H and O–H groups in total. The maximum Gasteiger partial charge on any atom is 0.126 e. The third kappa shape index (κ3) is 1.67. The van der Waals surface area contributed by atoms with Crippen molar-refractivity contribution in [2.45, 2.75) is 6.92 Å². The summed E-state index contributed by atoms with van der Waals surface area (Å²) in [6.45, 7) is 6.35. The van der Waals surface area contributed by atoms with Crippen LogP contribution in [-0.4, -0.2) is 36.0 Å². The van der Waals surface area contributed by atoms with Gasteiger partial charge in [0.25, 0.3) is 0 Å². The minimum atomic E-state index is 1.07. The molecule has 1 aromatic heterocycles. The van der Waals surface area contributed by atoms with Gasteiger partial charge in [-0.15, -0.1) is 0 Å². The monoisotopic (exact) mass is 180 g/mol.